The third-order valence-corrected chi connectivity index (χ3v) is 18.4. The van der Waals surface area contributed by atoms with Gasteiger partial charge in [0.15, 0.2) is 40.0 Å². The van der Waals surface area contributed by atoms with E-state index in [1.807, 2.05) is 115 Å². The molecule has 1 amide bonds. The Morgan fingerprint density at radius 2 is 1.17 bits per heavy atom. The molecule has 109 heavy (non-hydrogen) atoms. The first kappa shape index (κ1) is 97.0. The van der Waals surface area contributed by atoms with Gasteiger partial charge in [0.25, 0.3) is 11.8 Å². The number of aromatic nitrogens is 6. The highest BCUT2D eigenvalue weighted by molar-refractivity contribution is 7.12. The number of aliphatic imine (C=N–C) groups is 1. The predicted molar refractivity (Wildman–Crippen MR) is 450 cm³/mol. The van der Waals surface area contributed by atoms with E-state index in [-0.39, 0.29) is 72.1 Å². The van der Waals surface area contributed by atoms with Crippen LogP contribution in [0.15, 0.2) is 113 Å². The van der Waals surface area contributed by atoms with Gasteiger partial charge in [-0.25, -0.2) is 15.0 Å². The first-order chi connectivity index (χ1) is 49.8. The van der Waals surface area contributed by atoms with Crippen LogP contribution in [-0.2, 0) is 42.1 Å². The number of carbonyl (C=O) groups excluding carboxylic acids is 2. The molecule has 1 aliphatic carbocycles. The third kappa shape index (κ3) is 35.7. The molecule has 18 heteroatoms. The second kappa shape index (κ2) is 41.5. The molecule has 0 aromatic carbocycles. The zero-order valence-electron chi connectivity index (χ0n) is 70.8. The molecule has 2 atom stereocenters. The molecule has 4 aliphatic rings. The number of terminal acetylenes is 8. The van der Waals surface area contributed by atoms with Gasteiger partial charge in [0.2, 0.25) is 5.91 Å². The maximum atomic E-state index is 11.1. The standard InChI is InChI=1S/C10H13N.C10H16O.C9H13N2.4C9H11NO.2C9H11NS.C8H13NO/c1-5-9-6-8(7-11-9)10(2,3)4;1-10(2,3)8-5-4-6-9(11)7-8;1-5-8-6-7-11(10-8)9(2,3)4;1-5-8-10-7(6-11-8)9(2,3)4;1-5-8-10-6-7(11-8)9(2,3)4;1-5-8-7(6-11-10-8)9(2,3)4;1-5-7-6-8(11-10-7)9(2,3)4;1-5-8-10-6-7(11-8)9(2,3)4;1-5-7-6-8(11-10-7)9(2,3)4;1-8(2,3)9-6-4-5-7(9)10/h1,6H,7H2,2-4H3;4,6,8H,5,7H2,1-3H3;1,6-8H,2-4H3;6*1,6H,2-4H3;4-5H,6H2,1-3H3/q;;+1;;;;;;;. The summed E-state index contributed by atoms with van der Waals surface area (Å²) in [6.07, 6.45) is 63.1. The lowest BCUT2D eigenvalue weighted by Gasteiger charge is -2.31. The first-order valence-corrected chi connectivity index (χ1v) is 37.5. The summed E-state index contributed by atoms with van der Waals surface area (Å²) in [5.41, 5.74) is 6.77. The minimum absolute atomic E-state index is 0.0118. The van der Waals surface area contributed by atoms with E-state index in [4.69, 9.17) is 69.3 Å². The van der Waals surface area contributed by atoms with Gasteiger partial charge in [-0.2, -0.15) is 4.37 Å². The average molecular weight is 1520 g/mol. The number of allylic oxidation sites excluding steroid dienone is 3. The summed E-state index contributed by atoms with van der Waals surface area (Å²) >= 11 is 3.08. The maximum Gasteiger partial charge on any atom is 0.273 e. The summed E-state index contributed by atoms with van der Waals surface area (Å²) in [5.74, 6) is 23.1. The molecule has 0 spiro atoms. The van der Waals surface area contributed by atoms with E-state index >= 15 is 0 Å². The van der Waals surface area contributed by atoms with Crippen molar-refractivity contribution in [2.24, 2.45) is 26.9 Å². The van der Waals surface area contributed by atoms with Crippen molar-refractivity contribution in [2.75, 3.05) is 13.1 Å². The van der Waals surface area contributed by atoms with Crippen LogP contribution in [-0.4, -0.2) is 86.8 Å². The fourth-order valence-corrected chi connectivity index (χ4v) is 10.1. The van der Waals surface area contributed by atoms with Gasteiger partial charge in [-0.15, -0.1) is 62.7 Å². The molecule has 0 radical (unpaired) electrons. The van der Waals surface area contributed by atoms with Gasteiger partial charge in [-0.3, -0.25) is 14.6 Å². The zero-order chi connectivity index (χ0) is 84.1. The summed E-state index contributed by atoms with van der Waals surface area (Å²) < 4.78 is 26.0. The Labute approximate surface area is 663 Å². The molecule has 0 fully saturated rings. The van der Waals surface area contributed by atoms with E-state index in [9.17, 15) is 9.59 Å². The molecule has 0 bridgehead atoms. The molecule has 9 heterocycles. The van der Waals surface area contributed by atoms with Crippen molar-refractivity contribution in [3.8, 4) is 98.8 Å². The normalized spacial score (nSPS) is 15.1. The lowest BCUT2D eigenvalue weighted by atomic mass is 9.74. The van der Waals surface area contributed by atoms with Crippen LogP contribution in [0.2, 0.25) is 0 Å². The van der Waals surface area contributed by atoms with E-state index < -0.39 is 0 Å². The Kier molecular flexibility index (Phi) is 36.9. The Balaban J connectivity index is 0.000000606. The minimum Gasteiger partial charge on any atom is -0.438 e. The van der Waals surface area contributed by atoms with Crippen molar-refractivity contribution in [1.29, 1.82) is 0 Å². The molecule has 6 aromatic rings. The summed E-state index contributed by atoms with van der Waals surface area (Å²) in [6.45, 7) is 64.7. The van der Waals surface area contributed by atoms with Crippen LogP contribution in [0, 0.1) is 115 Å². The lowest BCUT2D eigenvalue weighted by Crippen LogP contribution is -2.42. The average Bonchev–Trinajstić information content (AvgIpc) is 1.76. The number of rotatable bonds is 0. The number of hydrogen-bond acceptors (Lipinski definition) is 16. The van der Waals surface area contributed by atoms with Crippen molar-refractivity contribution in [1.82, 2.24) is 34.5 Å². The van der Waals surface area contributed by atoms with Gasteiger partial charge >= 0.3 is 0 Å². The van der Waals surface area contributed by atoms with Gasteiger partial charge in [0.05, 0.1) is 18.4 Å². The van der Waals surface area contributed by atoms with Crippen LogP contribution in [0.5, 0.6) is 0 Å². The van der Waals surface area contributed by atoms with E-state index in [1.165, 1.54) is 26.9 Å². The fourth-order valence-electron chi connectivity index (χ4n) is 8.61. The summed E-state index contributed by atoms with van der Waals surface area (Å²) in [6, 6.07) is 3.71. The minimum atomic E-state index is -0.0609. The Morgan fingerprint density at radius 1 is 0.578 bits per heavy atom. The largest absolute Gasteiger partial charge is 0.438 e. The molecule has 582 valence electrons. The van der Waals surface area contributed by atoms with Crippen molar-refractivity contribution in [3.05, 3.63) is 152 Å². The van der Waals surface area contributed by atoms with Gasteiger partial charge in [-0.05, 0) is 136 Å². The number of thiazole rings is 1. The Bertz CT molecular complexity index is 4120. The molecule has 0 N–H and O–H groups in total. The van der Waals surface area contributed by atoms with Crippen LogP contribution in [0.4, 0.5) is 0 Å². The molecule has 6 aromatic heterocycles. The number of azo groups is 2. The van der Waals surface area contributed by atoms with Crippen LogP contribution in [0.1, 0.15) is 287 Å². The van der Waals surface area contributed by atoms with Gasteiger partial charge in [0.1, 0.15) is 35.5 Å². The lowest BCUT2D eigenvalue weighted by molar-refractivity contribution is -0.594. The second-order valence-electron chi connectivity index (χ2n) is 35.9. The number of hydrogen-bond donors (Lipinski definition) is 0. The van der Waals surface area contributed by atoms with Crippen molar-refractivity contribution in [2.45, 2.75) is 270 Å². The highest BCUT2D eigenvalue weighted by Gasteiger charge is 2.31. The van der Waals surface area contributed by atoms with Crippen molar-refractivity contribution in [3.63, 3.8) is 0 Å². The van der Waals surface area contributed by atoms with E-state index in [0.717, 1.165) is 65.1 Å². The summed E-state index contributed by atoms with van der Waals surface area (Å²) in [5, 5.41) is 12.4. The molecule has 3 aliphatic heterocycles. The van der Waals surface area contributed by atoms with Gasteiger partial charge in [-0.1, -0.05) is 205 Å². The van der Waals surface area contributed by atoms with E-state index in [0.29, 0.717) is 29.1 Å². The number of ketones is 1. The molecule has 0 saturated heterocycles. The topological polar surface area (TPSA) is 195 Å². The highest BCUT2D eigenvalue weighted by atomic mass is 32.1. The zero-order valence-corrected chi connectivity index (χ0v) is 72.5. The van der Waals surface area contributed by atoms with E-state index in [1.54, 1.807) is 48.3 Å². The molecular formula is C91H121N10O6S2+. The number of nitrogens with zero attached hydrogens (tertiary/aromatic N) is 10. The number of carbonyl (C=O) groups is 2. The molecule has 0 saturated carbocycles. The van der Waals surface area contributed by atoms with Gasteiger partial charge in [0, 0.05) is 95.3 Å². The predicted octanol–water partition coefficient (Wildman–Crippen LogP) is 20.2. The number of oxazole rings is 2. The molecule has 2 unspecified atom stereocenters. The molecular weight excluding hydrogens is 1390 g/mol. The van der Waals surface area contributed by atoms with Crippen LogP contribution < -0.4 is 0 Å². The molecule has 10 rings (SSSR count). The first-order valence-electron chi connectivity index (χ1n) is 36.0. The quantitative estimate of drug-likeness (QED) is 0.103. The van der Waals surface area contributed by atoms with Gasteiger partial charge < -0.3 is 22.8 Å². The Hall–Kier alpha value is -10.1. The monoisotopic (exact) mass is 1510 g/mol. The second-order valence-corrected chi connectivity index (χ2v) is 37.8. The van der Waals surface area contributed by atoms with Crippen LogP contribution in [0.3, 0.4) is 0 Å². The smallest absolute Gasteiger partial charge is 0.273 e. The highest BCUT2D eigenvalue weighted by Crippen LogP contribution is 2.35. The Morgan fingerprint density at radius 3 is 1.46 bits per heavy atom. The van der Waals surface area contributed by atoms with E-state index in [2.05, 4.69) is 233 Å². The van der Waals surface area contributed by atoms with Crippen molar-refractivity contribution < 1.29 is 32.2 Å². The summed E-state index contributed by atoms with van der Waals surface area (Å²) in [7, 11) is 0. The molecule has 16 nitrogen and oxygen atoms in total. The number of amides is 1. The van der Waals surface area contributed by atoms with Crippen molar-refractivity contribution >= 4 is 40.3 Å². The van der Waals surface area contributed by atoms with Crippen LogP contribution in [0.25, 0.3) is 0 Å². The maximum absolute atomic E-state index is 11.1. The summed E-state index contributed by atoms with van der Waals surface area (Å²) in [4.78, 5) is 42.7. The third-order valence-electron chi connectivity index (χ3n) is 15.8. The van der Waals surface area contributed by atoms with Crippen LogP contribution >= 0.6 is 22.9 Å². The SMILES string of the molecule is C#CC1=NCC(C(C)(C)C)=C1.C#CC1C=C[N+](C(C)(C)C)=N1.C#Cc1cc(C(C)(C)C)on1.C#Cc1cc(C(C)(C)C)sn1.C#Cc1nc(C(C)(C)C)co1.C#Cc1ncc(C(C)(C)C)o1.C#Cc1ncc(C(C)(C)C)s1.C#Cc1nocc1C(C)(C)C.CC(C)(C)C1CC=CC(=O)C1.CC(C)(C)N1CC=CC1=O. The fraction of sp³-hybridized carbons (Fsp3) is 0.505.